The number of nitrogens with zero attached hydrogens (tertiary/aromatic N) is 1. The van der Waals surface area contributed by atoms with Gasteiger partial charge in [-0.2, -0.15) is 0 Å². The molecule has 0 radical (unpaired) electrons. The summed E-state index contributed by atoms with van der Waals surface area (Å²) in [4.78, 5) is 3.97. The quantitative estimate of drug-likeness (QED) is 0.892. The SMILES string of the molecule is CC(Cc1ccoc1)NS(=O)(=O)c1cccnc1. The summed E-state index contributed by atoms with van der Waals surface area (Å²) in [5.41, 5.74) is 0.955. The minimum Gasteiger partial charge on any atom is -0.472 e. The van der Waals surface area contributed by atoms with Crippen LogP contribution in [0.2, 0.25) is 0 Å². The Morgan fingerprint density at radius 1 is 1.44 bits per heavy atom. The second kappa shape index (κ2) is 5.32. The summed E-state index contributed by atoms with van der Waals surface area (Å²) in [6, 6.07) is 4.71. The van der Waals surface area contributed by atoms with E-state index in [0.717, 1.165) is 5.56 Å². The van der Waals surface area contributed by atoms with Crippen molar-refractivity contribution in [2.24, 2.45) is 0 Å². The van der Waals surface area contributed by atoms with Gasteiger partial charge in [-0.15, -0.1) is 0 Å². The van der Waals surface area contributed by atoms with Gasteiger partial charge in [0.1, 0.15) is 4.90 Å². The molecule has 5 nitrogen and oxygen atoms in total. The lowest BCUT2D eigenvalue weighted by Gasteiger charge is -2.12. The molecule has 0 bridgehead atoms. The Morgan fingerprint density at radius 3 is 2.89 bits per heavy atom. The van der Waals surface area contributed by atoms with E-state index in [1.165, 1.54) is 18.5 Å². The number of sulfonamides is 1. The van der Waals surface area contributed by atoms with Crippen LogP contribution in [0.25, 0.3) is 0 Å². The van der Waals surface area contributed by atoms with E-state index in [4.69, 9.17) is 4.42 Å². The van der Waals surface area contributed by atoms with Crippen LogP contribution in [0, 0.1) is 0 Å². The lowest BCUT2D eigenvalue weighted by molar-refractivity contribution is 0.549. The van der Waals surface area contributed by atoms with E-state index >= 15 is 0 Å². The molecule has 0 aliphatic rings. The van der Waals surface area contributed by atoms with Crippen molar-refractivity contribution in [1.82, 2.24) is 9.71 Å². The molecule has 1 N–H and O–H groups in total. The minimum absolute atomic E-state index is 0.170. The Balaban J connectivity index is 2.05. The molecule has 0 fully saturated rings. The van der Waals surface area contributed by atoms with Crippen molar-refractivity contribution in [2.75, 3.05) is 0 Å². The molecule has 18 heavy (non-hydrogen) atoms. The molecule has 0 aliphatic carbocycles. The summed E-state index contributed by atoms with van der Waals surface area (Å²) >= 11 is 0. The smallest absolute Gasteiger partial charge is 0.242 e. The first-order chi connectivity index (χ1) is 8.58. The molecule has 0 aliphatic heterocycles. The first kappa shape index (κ1) is 12.8. The molecule has 6 heteroatoms. The van der Waals surface area contributed by atoms with Gasteiger partial charge in [0, 0.05) is 18.4 Å². The van der Waals surface area contributed by atoms with Gasteiger partial charge >= 0.3 is 0 Å². The van der Waals surface area contributed by atoms with Crippen LogP contribution in [0.5, 0.6) is 0 Å². The number of rotatable bonds is 5. The van der Waals surface area contributed by atoms with Crippen molar-refractivity contribution in [3.8, 4) is 0 Å². The molecule has 1 unspecified atom stereocenters. The van der Waals surface area contributed by atoms with Crippen molar-refractivity contribution >= 4 is 10.0 Å². The van der Waals surface area contributed by atoms with Crippen molar-refractivity contribution in [2.45, 2.75) is 24.3 Å². The predicted octanol–water partition coefficient (Wildman–Crippen LogP) is 1.58. The molecule has 0 saturated heterocycles. The summed E-state index contributed by atoms with van der Waals surface area (Å²) in [7, 11) is -3.51. The third-order valence-electron chi connectivity index (χ3n) is 2.42. The fourth-order valence-electron chi connectivity index (χ4n) is 1.64. The number of nitrogens with one attached hydrogen (secondary N) is 1. The lowest BCUT2D eigenvalue weighted by Crippen LogP contribution is -2.34. The van der Waals surface area contributed by atoms with Crippen LogP contribution in [0.4, 0.5) is 0 Å². The molecule has 0 amide bonds. The van der Waals surface area contributed by atoms with Gasteiger partial charge in [0.05, 0.1) is 12.5 Å². The molecule has 2 aromatic rings. The predicted molar refractivity (Wildman–Crippen MR) is 66.4 cm³/mol. The van der Waals surface area contributed by atoms with E-state index in [1.54, 1.807) is 25.5 Å². The van der Waals surface area contributed by atoms with Gasteiger partial charge < -0.3 is 4.42 Å². The zero-order valence-corrected chi connectivity index (χ0v) is 10.7. The summed E-state index contributed by atoms with van der Waals surface area (Å²) in [5, 5.41) is 0. The molecule has 0 aromatic carbocycles. The second-order valence-electron chi connectivity index (χ2n) is 4.05. The van der Waals surface area contributed by atoms with Gasteiger partial charge in [-0.1, -0.05) is 0 Å². The van der Waals surface area contributed by atoms with E-state index in [1.807, 2.05) is 6.07 Å². The van der Waals surface area contributed by atoms with Crippen molar-refractivity contribution in [1.29, 1.82) is 0 Å². The average molecular weight is 266 g/mol. The molecule has 0 saturated carbocycles. The highest BCUT2D eigenvalue weighted by atomic mass is 32.2. The summed E-state index contributed by atoms with van der Waals surface area (Å²) in [6.07, 6.45) is 6.61. The Morgan fingerprint density at radius 2 is 2.28 bits per heavy atom. The van der Waals surface area contributed by atoms with Gasteiger partial charge in [-0.05, 0) is 37.1 Å². The lowest BCUT2D eigenvalue weighted by atomic mass is 10.1. The normalized spacial score (nSPS) is 13.4. The molecule has 96 valence electrons. The van der Waals surface area contributed by atoms with Crippen molar-refractivity contribution < 1.29 is 12.8 Å². The first-order valence-electron chi connectivity index (χ1n) is 5.51. The molecular formula is C12H14N2O3S. The third-order valence-corrected chi connectivity index (χ3v) is 4.00. The second-order valence-corrected chi connectivity index (χ2v) is 5.76. The average Bonchev–Trinajstić information content (AvgIpc) is 2.82. The van der Waals surface area contributed by atoms with E-state index in [-0.39, 0.29) is 10.9 Å². The number of hydrogen-bond donors (Lipinski definition) is 1. The van der Waals surface area contributed by atoms with E-state index < -0.39 is 10.0 Å². The maximum Gasteiger partial charge on any atom is 0.242 e. The summed E-state index contributed by atoms with van der Waals surface area (Å²) in [5.74, 6) is 0. The van der Waals surface area contributed by atoms with Crippen LogP contribution in [-0.2, 0) is 16.4 Å². The zero-order valence-electron chi connectivity index (χ0n) is 9.91. The molecule has 2 heterocycles. The fourth-order valence-corrected chi connectivity index (χ4v) is 2.85. The van der Waals surface area contributed by atoms with Gasteiger partial charge in [0.25, 0.3) is 0 Å². The Kier molecular flexibility index (Phi) is 3.78. The monoisotopic (exact) mass is 266 g/mol. The maximum atomic E-state index is 12.0. The van der Waals surface area contributed by atoms with E-state index in [2.05, 4.69) is 9.71 Å². The van der Waals surface area contributed by atoms with Crippen LogP contribution >= 0.6 is 0 Å². The van der Waals surface area contributed by atoms with E-state index in [9.17, 15) is 8.42 Å². The molecular weight excluding hydrogens is 252 g/mol. The first-order valence-corrected chi connectivity index (χ1v) is 7.00. The standard InChI is InChI=1S/C12H14N2O3S/c1-10(7-11-4-6-17-9-11)14-18(15,16)12-3-2-5-13-8-12/h2-6,8-10,14H,7H2,1H3. The van der Waals surface area contributed by atoms with Gasteiger partial charge in [0.2, 0.25) is 10.0 Å². The van der Waals surface area contributed by atoms with E-state index in [0.29, 0.717) is 6.42 Å². The van der Waals surface area contributed by atoms with Gasteiger partial charge in [-0.25, -0.2) is 13.1 Å². The van der Waals surface area contributed by atoms with Crippen LogP contribution in [-0.4, -0.2) is 19.4 Å². The molecule has 0 spiro atoms. The molecule has 1 atom stereocenters. The highest BCUT2D eigenvalue weighted by Crippen LogP contribution is 2.09. The Bertz CT molecular complexity index is 579. The van der Waals surface area contributed by atoms with Crippen molar-refractivity contribution in [3.05, 3.63) is 48.7 Å². The minimum atomic E-state index is -3.51. The number of furan rings is 1. The topological polar surface area (TPSA) is 72.2 Å². The third kappa shape index (κ3) is 3.18. The number of aromatic nitrogens is 1. The zero-order chi connectivity index (χ0) is 13.0. The van der Waals surface area contributed by atoms with Crippen LogP contribution in [0.3, 0.4) is 0 Å². The van der Waals surface area contributed by atoms with Crippen LogP contribution in [0.1, 0.15) is 12.5 Å². The summed E-state index contributed by atoms with van der Waals surface area (Å²) < 4.78 is 31.5. The number of hydrogen-bond acceptors (Lipinski definition) is 4. The van der Waals surface area contributed by atoms with Crippen LogP contribution in [0.15, 0.2) is 52.4 Å². The van der Waals surface area contributed by atoms with Gasteiger partial charge in [0.15, 0.2) is 0 Å². The summed E-state index contributed by atoms with van der Waals surface area (Å²) in [6.45, 7) is 1.81. The van der Waals surface area contributed by atoms with Crippen LogP contribution < -0.4 is 4.72 Å². The Labute approximate surface area is 106 Å². The molecule has 2 rings (SSSR count). The highest BCUT2D eigenvalue weighted by molar-refractivity contribution is 7.89. The molecule has 2 aromatic heterocycles. The Hall–Kier alpha value is -1.66. The highest BCUT2D eigenvalue weighted by Gasteiger charge is 2.17. The largest absolute Gasteiger partial charge is 0.472 e. The number of pyridine rings is 1. The fraction of sp³-hybridized carbons (Fsp3) is 0.250. The maximum absolute atomic E-state index is 12.0. The van der Waals surface area contributed by atoms with Crippen molar-refractivity contribution in [3.63, 3.8) is 0 Å². The van der Waals surface area contributed by atoms with Gasteiger partial charge in [-0.3, -0.25) is 4.98 Å².